The van der Waals surface area contributed by atoms with Gasteiger partial charge in [-0.3, -0.25) is 4.90 Å². The van der Waals surface area contributed by atoms with E-state index in [4.69, 9.17) is 4.74 Å². The summed E-state index contributed by atoms with van der Waals surface area (Å²) in [4.78, 5) is 2.62. The van der Waals surface area contributed by atoms with E-state index in [2.05, 4.69) is 25.0 Å². The lowest BCUT2D eigenvalue weighted by Gasteiger charge is -2.43. The van der Waals surface area contributed by atoms with Gasteiger partial charge in [-0.1, -0.05) is 6.42 Å². The Balaban J connectivity index is 0.000000396. The van der Waals surface area contributed by atoms with Gasteiger partial charge in [0.2, 0.25) is 0 Å². The van der Waals surface area contributed by atoms with Crippen LogP contribution in [-0.2, 0) is 4.74 Å². The van der Waals surface area contributed by atoms with E-state index in [9.17, 15) is 0 Å². The summed E-state index contributed by atoms with van der Waals surface area (Å²) >= 11 is 0. The number of piperidine rings is 1. The molecule has 0 spiro atoms. The van der Waals surface area contributed by atoms with Crippen LogP contribution in [0.25, 0.3) is 0 Å². The molecule has 2 aliphatic heterocycles. The molecule has 0 radical (unpaired) electrons. The summed E-state index contributed by atoms with van der Waals surface area (Å²) in [6.07, 6.45) is 4.20. The monoisotopic (exact) mass is 183 g/mol. The Hall–Kier alpha value is -0.340. The molecule has 0 amide bonds. The predicted octanol–water partition coefficient (Wildman–Crippen LogP) is 2.06. The number of hydrogen-bond acceptors (Lipinski definition) is 2. The Bertz CT molecular complexity index is 143. The summed E-state index contributed by atoms with van der Waals surface area (Å²) in [5, 5.41) is 0. The maximum atomic E-state index is 5.19. The molecule has 2 rings (SSSR count). The van der Waals surface area contributed by atoms with E-state index in [1.807, 2.05) is 0 Å². The van der Waals surface area contributed by atoms with E-state index in [1.165, 1.54) is 25.8 Å². The Morgan fingerprint density at radius 3 is 2.38 bits per heavy atom. The van der Waals surface area contributed by atoms with Crippen molar-refractivity contribution < 1.29 is 4.74 Å². The molecule has 0 unspecified atom stereocenters. The minimum Gasteiger partial charge on any atom is -0.378 e. The quantitative estimate of drug-likeness (QED) is 0.577. The van der Waals surface area contributed by atoms with Gasteiger partial charge in [-0.2, -0.15) is 0 Å². The van der Waals surface area contributed by atoms with Crippen LogP contribution in [0, 0.1) is 0 Å². The van der Waals surface area contributed by atoms with E-state index in [-0.39, 0.29) is 0 Å². The molecule has 1 atom stereocenters. The summed E-state index contributed by atoms with van der Waals surface area (Å²) in [6, 6.07) is 1.56. The highest BCUT2D eigenvalue weighted by Crippen LogP contribution is 2.22. The molecule has 0 saturated carbocycles. The zero-order valence-electron chi connectivity index (χ0n) is 8.67. The standard InChI is InChI=1S/C9H17NO.C2H4/c1-8-4-2-3-5-10(8)9-6-11-7-9;1-2/h8-9H,2-7H2,1H3;1-2H2/t8-;/m1./s1. The van der Waals surface area contributed by atoms with Gasteiger partial charge in [0.15, 0.2) is 0 Å². The minimum absolute atomic E-state index is 0.755. The van der Waals surface area contributed by atoms with Crippen molar-refractivity contribution in [1.82, 2.24) is 4.90 Å². The summed E-state index contributed by atoms with van der Waals surface area (Å²) in [5.74, 6) is 0. The third kappa shape index (κ3) is 2.55. The minimum atomic E-state index is 0.755. The zero-order chi connectivity index (χ0) is 9.68. The molecular weight excluding hydrogens is 162 g/mol. The van der Waals surface area contributed by atoms with Gasteiger partial charge in [0.1, 0.15) is 0 Å². The van der Waals surface area contributed by atoms with Gasteiger partial charge < -0.3 is 4.74 Å². The van der Waals surface area contributed by atoms with Crippen LogP contribution in [-0.4, -0.2) is 36.7 Å². The van der Waals surface area contributed by atoms with Gasteiger partial charge in [0.25, 0.3) is 0 Å². The molecule has 2 saturated heterocycles. The maximum Gasteiger partial charge on any atom is 0.0645 e. The first-order valence-corrected chi connectivity index (χ1v) is 5.21. The number of ether oxygens (including phenoxy) is 1. The van der Waals surface area contributed by atoms with E-state index >= 15 is 0 Å². The van der Waals surface area contributed by atoms with Gasteiger partial charge in [-0.25, -0.2) is 0 Å². The number of rotatable bonds is 1. The largest absolute Gasteiger partial charge is 0.378 e. The van der Waals surface area contributed by atoms with Crippen molar-refractivity contribution in [3.05, 3.63) is 13.2 Å². The molecule has 2 aliphatic rings. The molecule has 0 aromatic heterocycles. The fourth-order valence-corrected chi connectivity index (χ4v) is 2.08. The number of nitrogens with zero attached hydrogens (tertiary/aromatic N) is 1. The van der Waals surface area contributed by atoms with E-state index in [1.54, 1.807) is 0 Å². The van der Waals surface area contributed by atoms with Crippen LogP contribution in [0.2, 0.25) is 0 Å². The van der Waals surface area contributed by atoms with Crippen molar-refractivity contribution in [1.29, 1.82) is 0 Å². The molecule has 0 N–H and O–H groups in total. The lowest BCUT2D eigenvalue weighted by atomic mass is 10.0. The maximum absolute atomic E-state index is 5.19. The summed E-state index contributed by atoms with van der Waals surface area (Å²) < 4.78 is 5.19. The van der Waals surface area contributed by atoms with Crippen LogP contribution in [0.4, 0.5) is 0 Å². The molecule has 2 heterocycles. The van der Waals surface area contributed by atoms with Crippen LogP contribution in [0.15, 0.2) is 13.2 Å². The first-order valence-electron chi connectivity index (χ1n) is 5.21. The molecule has 0 aromatic carbocycles. The highest BCUT2D eigenvalue weighted by Gasteiger charge is 2.30. The first kappa shape index (κ1) is 10.7. The van der Waals surface area contributed by atoms with E-state index in [0.29, 0.717) is 0 Å². The topological polar surface area (TPSA) is 12.5 Å². The van der Waals surface area contributed by atoms with Crippen molar-refractivity contribution in [3.8, 4) is 0 Å². The smallest absolute Gasteiger partial charge is 0.0645 e. The Kier molecular flexibility index (Phi) is 4.46. The fourth-order valence-electron chi connectivity index (χ4n) is 2.08. The number of likely N-dealkylation sites (tertiary alicyclic amines) is 1. The van der Waals surface area contributed by atoms with Crippen molar-refractivity contribution in [3.63, 3.8) is 0 Å². The van der Waals surface area contributed by atoms with Crippen LogP contribution in [0.1, 0.15) is 26.2 Å². The fraction of sp³-hybridized carbons (Fsp3) is 0.818. The van der Waals surface area contributed by atoms with Gasteiger partial charge in [-0.05, 0) is 26.3 Å². The van der Waals surface area contributed by atoms with Crippen LogP contribution in [0.5, 0.6) is 0 Å². The van der Waals surface area contributed by atoms with Crippen molar-refractivity contribution >= 4 is 0 Å². The second-order valence-electron chi connectivity index (χ2n) is 3.77. The lowest BCUT2D eigenvalue weighted by Crippen LogP contribution is -2.54. The highest BCUT2D eigenvalue weighted by atomic mass is 16.5. The second kappa shape index (κ2) is 5.40. The molecule has 0 aliphatic carbocycles. The second-order valence-corrected chi connectivity index (χ2v) is 3.77. The van der Waals surface area contributed by atoms with Gasteiger partial charge in [0.05, 0.1) is 19.3 Å². The summed E-state index contributed by atoms with van der Waals surface area (Å²) in [7, 11) is 0. The third-order valence-corrected chi connectivity index (χ3v) is 2.94. The van der Waals surface area contributed by atoms with Crippen molar-refractivity contribution in [2.24, 2.45) is 0 Å². The average Bonchev–Trinajstić information content (AvgIpc) is 2.09. The molecule has 2 nitrogen and oxygen atoms in total. The van der Waals surface area contributed by atoms with Crippen LogP contribution in [0.3, 0.4) is 0 Å². The van der Waals surface area contributed by atoms with Gasteiger partial charge >= 0.3 is 0 Å². The molecule has 0 bridgehead atoms. The van der Waals surface area contributed by atoms with E-state index < -0.39 is 0 Å². The normalized spacial score (nSPS) is 30.1. The third-order valence-electron chi connectivity index (χ3n) is 2.94. The van der Waals surface area contributed by atoms with Crippen molar-refractivity contribution in [2.45, 2.75) is 38.3 Å². The van der Waals surface area contributed by atoms with E-state index in [0.717, 1.165) is 25.3 Å². The van der Waals surface area contributed by atoms with Gasteiger partial charge in [0, 0.05) is 6.04 Å². The Morgan fingerprint density at radius 2 is 1.92 bits per heavy atom. The molecule has 2 heteroatoms. The van der Waals surface area contributed by atoms with Crippen LogP contribution >= 0.6 is 0 Å². The van der Waals surface area contributed by atoms with Crippen LogP contribution < -0.4 is 0 Å². The summed E-state index contributed by atoms with van der Waals surface area (Å²) in [6.45, 7) is 11.6. The van der Waals surface area contributed by atoms with Gasteiger partial charge in [-0.15, -0.1) is 13.2 Å². The predicted molar refractivity (Wildman–Crippen MR) is 55.9 cm³/mol. The zero-order valence-corrected chi connectivity index (χ0v) is 8.67. The molecule has 0 aromatic rings. The molecule has 2 fully saturated rings. The molecular formula is C11H21NO. The highest BCUT2D eigenvalue weighted by molar-refractivity contribution is 4.83. The number of hydrogen-bond donors (Lipinski definition) is 0. The Labute approximate surface area is 81.6 Å². The first-order chi connectivity index (χ1) is 6.38. The molecule has 13 heavy (non-hydrogen) atoms. The average molecular weight is 183 g/mol. The SMILES string of the molecule is C=C.C[C@@H]1CCCCN1C1COC1. The van der Waals surface area contributed by atoms with Crippen molar-refractivity contribution in [2.75, 3.05) is 19.8 Å². The Morgan fingerprint density at radius 1 is 1.23 bits per heavy atom. The summed E-state index contributed by atoms with van der Waals surface area (Å²) in [5.41, 5.74) is 0. The lowest BCUT2D eigenvalue weighted by molar-refractivity contribution is -0.0843. The molecule has 76 valence electrons.